The van der Waals surface area contributed by atoms with E-state index in [9.17, 15) is 5.11 Å². The molecule has 0 fully saturated rings. The third kappa shape index (κ3) is 5.65. The van der Waals surface area contributed by atoms with Crippen molar-refractivity contribution in [2.75, 3.05) is 6.61 Å². The Balaban J connectivity index is 2.74. The van der Waals surface area contributed by atoms with Gasteiger partial charge in [-0.25, -0.2) is 0 Å². The van der Waals surface area contributed by atoms with Crippen molar-refractivity contribution in [3.05, 3.63) is 23.8 Å². The van der Waals surface area contributed by atoms with Gasteiger partial charge in [-0.1, -0.05) is 20.8 Å². The predicted octanol–water partition coefficient (Wildman–Crippen LogP) is 4.92. The molecular weight excluding hydrogens is 292 g/mol. The molecule has 0 unspecified atom stereocenters. The van der Waals surface area contributed by atoms with E-state index in [-0.39, 0.29) is 5.04 Å². The van der Waals surface area contributed by atoms with Gasteiger partial charge in [0.15, 0.2) is 0 Å². The van der Waals surface area contributed by atoms with E-state index in [4.69, 9.17) is 9.16 Å². The van der Waals surface area contributed by atoms with E-state index in [1.54, 1.807) is 13.8 Å². The summed E-state index contributed by atoms with van der Waals surface area (Å²) in [7, 11) is -1.82. The second kappa shape index (κ2) is 6.63. The maximum Gasteiger partial charge on any atom is 0.250 e. The first-order valence-corrected chi connectivity index (χ1v) is 10.9. The van der Waals surface area contributed by atoms with Gasteiger partial charge < -0.3 is 14.3 Å². The first kappa shape index (κ1) is 19.0. The van der Waals surface area contributed by atoms with Crippen molar-refractivity contribution in [1.29, 1.82) is 0 Å². The maximum atomic E-state index is 9.70. The molecule has 0 spiro atoms. The second-order valence-corrected chi connectivity index (χ2v) is 12.9. The number of hydrogen-bond donors (Lipinski definition) is 1. The Morgan fingerprint density at radius 2 is 1.68 bits per heavy atom. The molecule has 0 heterocycles. The van der Waals surface area contributed by atoms with Gasteiger partial charge in [-0.2, -0.15) is 0 Å². The van der Waals surface area contributed by atoms with E-state index in [2.05, 4.69) is 33.9 Å². The lowest BCUT2D eigenvalue weighted by atomic mass is 10.1. The highest BCUT2D eigenvalue weighted by atomic mass is 28.4. The molecule has 0 saturated heterocycles. The van der Waals surface area contributed by atoms with Crippen molar-refractivity contribution >= 4 is 8.32 Å². The molecule has 0 amide bonds. The first-order valence-electron chi connectivity index (χ1n) is 7.97. The van der Waals surface area contributed by atoms with Crippen LogP contribution in [0, 0.1) is 6.92 Å². The molecule has 0 aliphatic heterocycles. The molecule has 0 bridgehead atoms. The monoisotopic (exact) mass is 324 g/mol. The number of aryl methyl sites for hydroxylation is 1. The van der Waals surface area contributed by atoms with Crippen LogP contribution in [0.2, 0.25) is 18.1 Å². The molecule has 0 radical (unpaired) electrons. The topological polar surface area (TPSA) is 38.7 Å². The highest BCUT2D eigenvalue weighted by Gasteiger charge is 2.39. The van der Waals surface area contributed by atoms with Crippen molar-refractivity contribution in [2.24, 2.45) is 0 Å². The zero-order valence-corrected chi connectivity index (χ0v) is 16.4. The average Bonchev–Trinajstić information content (AvgIpc) is 2.29. The fourth-order valence-corrected chi connectivity index (χ4v) is 2.76. The molecule has 22 heavy (non-hydrogen) atoms. The van der Waals surface area contributed by atoms with Crippen LogP contribution in [0.4, 0.5) is 0 Å². The third-order valence-electron chi connectivity index (χ3n) is 4.30. The van der Waals surface area contributed by atoms with Crippen LogP contribution in [0.15, 0.2) is 18.2 Å². The molecular formula is C18H32O3Si. The standard InChI is InChI=1S/C18H32O3Si/c1-14-13-15(20-12-11-18(5,6)19)9-10-16(14)21-22(7,8)17(2,3)4/h9-10,13,19H,11-12H2,1-8H3. The van der Waals surface area contributed by atoms with Crippen molar-refractivity contribution in [2.45, 2.75) is 71.7 Å². The molecule has 0 aliphatic carbocycles. The zero-order chi connectivity index (χ0) is 17.2. The number of aliphatic hydroxyl groups is 1. The van der Waals surface area contributed by atoms with Gasteiger partial charge in [0.25, 0.3) is 0 Å². The Hall–Kier alpha value is -1.00. The van der Waals surface area contributed by atoms with Gasteiger partial charge in [0.05, 0.1) is 12.2 Å². The highest BCUT2D eigenvalue weighted by molar-refractivity contribution is 6.74. The molecule has 0 saturated carbocycles. The van der Waals surface area contributed by atoms with E-state index >= 15 is 0 Å². The summed E-state index contributed by atoms with van der Waals surface area (Å²) >= 11 is 0. The number of benzene rings is 1. The van der Waals surface area contributed by atoms with Crippen LogP contribution in [0.1, 0.15) is 46.6 Å². The Bertz CT molecular complexity index is 496. The molecule has 1 aromatic rings. The molecule has 1 N–H and O–H groups in total. The van der Waals surface area contributed by atoms with Gasteiger partial charge in [0.2, 0.25) is 8.32 Å². The van der Waals surface area contributed by atoms with E-state index < -0.39 is 13.9 Å². The fraction of sp³-hybridized carbons (Fsp3) is 0.667. The van der Waals surface area contributed by atoms with E-state index in [0.29, 0.717) is 13.0 Å². The number of ether oxygens (including phenoxy) is 1. The van der Waals surface area contributed by atoms with Crippen molar-refractivity contribution < 1.29 is 14.3 Å². The van der Waals surface area contributed by atoms with Crippen LogP contribution >= 0.6 is 0 Å². The Morgan fingerprint density at radius 1 is 1.09 bits per heavy atom. The lowest BCUT2D eigenvalue weighted by molar-refractivity contribution is 0.0553. The SMILES string of the molecule is Cc1cc(OCCC(C)(C)O)ccc1O[Si](C)(C)C(C)(C)C. The van der Waals surface area contributed by atoms with Gasteiger partial charge in [-0.05, 0) is 62.7 Å². The van der Waals surface area contributed by atoms with Gasteiger partial charge in [0, 0.05) is 6.42 Å². The summed E-state index contributed by atoms with van der Waals surface area (Å²) in [5.41, 5.74) is 0.394. The lowest BCUT2D eigenvalue weighted by Crippen LogP contribution is -2.44. The zero-order valence-electron chi connectivity index (χ0n) is 15.4. The molecule has 0 aromatic heterocycles. The van der Waals surface area contributed by atoms with E-state index in [1.165, 1.54) is 0 Å². The van der Waals surface area contributed by atoms with Gasteiger partial charge >= 0.3 is 0 Å². The molecule has 1 rings (SSSR count). The minimum atomic E-state index is -1.82. The molecule has 126 valence electrons. The van der Waals surface area contributed by atoms with Crippen LogP contribution in [0.25, 0.3) is 0 Å². The molecule has 3 nitrogen and oxygen atoms in total. The van der Waals surface area contributed by atoms with E-state index in [0.717, 1.165) is 17.1 Å². The van der Waals surface area contributed by atoms with E-state index in [1.807, 2.05) is 25.1 Å². The largest absolute Gasteiger partial charge is 0.543 e. The number of hydrogen-bond acceptors (Lipinski definition) is 3. The molecule has 0 aliphatic rings. The summed E-state index contributed by atoms with van der Waals surface area (Å²) < 4.78 is 12.1. The predicted molar refractivity (Wildman–Crippen MR) is 95.4 cm³/mol. The highest BCUT2D eigenvalue weighted by Crippen LogP contribution is 2.38. The van der Waals surface area contributed by atoms with Gasteiger partial charge in [-0.15, -0.1) is 0 Å². The first-order chi connectivity index (χ1) is 9.82. The van der Waals surface area contributed by atoms with Crippen molar-refractivity contribution in [3.63, 3.8) is 0 Å². The summed E-state index contributed by atoms with van der Waals surface area (Å²) in [6, 6.07) is 5.95. The smallest absolute Gasteiger partial charge is 0.250 e. The van der Waals surface area contributed by atoms with Crippen LogP contribution < -0.4 is 9.16 Å². The summed E-state index contributed by atoms with van der Waals surface area (Å²) in [4.78, 5) is 0. The Labute approximate surface area is 136 Å². The lowest BCUT2D eigenvalue weighted by Gasteiger charge is -2.37. The summed E-state index contributed by atoms with van der Waals surface area (Å²) in [5, 5.41) is 9.88. The molecule has 0 atom stereocenters. The minimum Gasteiger partial charge on any atom is -0.543 e. The van der Waals surface area contributed by atoms with Crippen LogP contribution in [-0.4, -0.2) is 25.6 Å². The van der Waals surface area contributed by atoms with Crippen molar-refractivity contribution in [3.8, 4) is 11.5 Å². The average molecular weight is 325 g/mol. The summed E-state index contributed by atoms with van der Waals surface area (Å²) in [6.45, 7) is 17.3. The fourth-order valence-electron chi connectivity index (χ4n) is 1.67. The third-order valence-corrected chi connectivity index (χ3v) is 8.64. The van der Waals surface area contributed by atoms with Crippen molar-refractivity contribution in [1.82, 2.24) is 0 Å². The van der Waals surface area contributed by atoms with Crippen LogP contribution in [-0.2, 0) is 0 Å². The van der Waals surface area contributed by atoms with Crippen LogP contribution in [0.5, 0.6) is 11.5 Å². The van der Waals surface area contributed by atoms with Gasteiger partial charge in [0.1, 0.15) is 11.5 Å². The normalized spacial score (nSPS) is 13.1. The number of rotatable bonds is 6. The molecule has 4 heteroatoms. The van der Waals surface area contributed by atoms with Crippen LogP contribution in [0.3, 0.4) is 0 Å². The second-order valence-electron chi connectivity index (χ2n) is 8.20. The maximum absolute atomic E-state index is 9.70. The Morgan fingerprint density at radius 3 is 2.14 bits per heavy atom. The van der Waals surface area contributed by atoms with Gasteiger partial charge in [-0.3, -0.25) is 0 Å². The molecule has 1 aromatic carbocycles. The Kier molecular flexibility index (Phi) is 5.74. The summed E-state index contributed by atoms with van der Waals surface area (Å²) in [6.07, 6.45) is 0.605. The quantitative estimate of drug-likeness (QED) is 0.755. The minimum absolute atomic E-state index is 0.182. The summed E-state index contributed by atoms with van der Waals surface area (Å²) in [5.74, 6) is 1.77.